The lowest BCUT2D eigenvalue weighted by molar-refractivity contribution is 0.0475. The standard InChI is InChI=1S/C26H28F2N4O2/c1-26(2,3)34-25(33)30-21-11-23(32-13-15-12-29-31-22(15)14-32)17-6-4-5-7-18(17)24(21)19-10-16(27)8-9-20(19)28/h4-10,12,21,23-24H,11,13-14H2,1-3H3,(H,29,31)(H,30,33)/t21?,23?,24-/m1/s1. The molecule has 1 aliphatic heterocycles. The number of rotatable bonds is 3. The highest BCUT2D eigenvalue weighted by molar-refractivity contribution is 5.69. The highest BCUT2D eigenvalue weighted by Gasteiger charge is 2.42. The second kappa shape index (κ2) is 8.51. The summed E-state index contributed by atoms with van der Waals surface area (Å²) in [7, 11) is 0. The molecule has 0 saturated carbocycles. The van der Waals surface area contributed by atoms with Gasteiger partial charge in [-0.25, -0.2) is 13.6 Å². The molecule has 8 heteroatoms. The lowest BCUT2D eigenvalue weighted by Gasteiger charge is -2.42. The number of nitrogens with one attached hydrogen (secondary N) is 2. The highest BCUT2D eigenvalue weighted by atomic mass is 19.1. The van der Waals surface area contributed by atoms with Gasteiger partial charge < -0.3 is 10.1 Å². The topological polar surface area (TPSA) is 70.2 Å². The van der Waals surface area contributed by atoms with Gasteiger partial charge in [-0.05, 0) is 56.5 Å². The van der Waals surface area contributed by atoms with E-state index in [1.54, 1.807) is 20.8 Å². The van der Waals surface area contributed by atoms with Crippen LogP contribution in [-0.2, 0) is 17.8 Å². The number of carbonyl (C=O) groups excluding carboxylic acids is 1. The number of H-pyrrole nitrogens is 1. The number of amides is 1. The molecule has 6 nitrogen and oxygen atoms in total. The van der Waals surface area contributed by atoms with Crippen molar-refractivity contribution in [3.8, 4) is 0 Å². The fourth-order valence-electron chi connectivity index (χ4n) is 5.21. The van der Waals surface area contributed by atoms with Crippen LogP contribution in [0, 0.1) is 11.6 Å². The molecule has 3 atom stereocenters. The molecule has 5 rings (SSSR count). The van der Waals surface area contributed by atoms with Crippen LogP contribution in [0.15, 0.2) is 48.7 Å². The van der Waals surface area contributed by atoms with Crippen LogP contribution in [0.2, 0.25) is 0 Å². The van der Waals surface area contributed by atoms with Crippen LogP contribution in [0.5, 0.6) is 0 Å². The third-order valence-corrected chi connectivity index (χ3v) is 6.55. The van der Waals surface area contributed by atoms with Gasteiger partial charge in [0.2, 0.25) is 0 Å². The van der Waals surface area contributed by atoms with Crippen molar-refractivity contribution >= 4 is 6.09 Å². The van der Waals surface area contributed by atoms with Gasteiger partial charge in [0.25, 0.3) is 0 Å². The Morgan fingerprint density at radius 3 is 2.62 bits per heavy atom. The Morgan fingerprint density at radius 2 is 1.88 bits per heavy atom. The van der Waals surface area contributed by atoms with E-state index >= 15 is 4.39 Å². The Morgan fingerprint density at radius 1 is 1.12 bits per heavy atom. The number of aromatic nitrogens is 2. The predicted molar refractivity (Wildman–Crippen MR) is 123 cm³/mol. The molecular weight excluding hydrogens is 438 g/mol. The van der Waals surface area contributed by atoms with Gasteiger partial charge in [-0.15, -0.1) is 0 Å². The van der Waals surface area contributed by atoms with E-state index in [4.69, 9.17) is 4.74 Å². The zero-order valence-corrected chi connectivity index (χ0v) is 19.4. The fourth-order valence-corrected chi connectivity index (χ4v) is 5.21. The van der Waals surface area contributed by atoms with Crippen LogP contribution in [-0.4, -0.2) is 32.8 Å². The maximum Gasteiger partial charge on any atom is 0.407 e. The number of fused-ring (bicyclic) bond motifs is 2. The molecule has 2 heterocycles. The van der Waals surface area contributed by atoms with Gasteiger partial charge in [0.15, 0.2) is 0 Å². The summed E-state index contributed by atoms with van der Waals surface area (Å²) in [6, 6.07) is 10.8. The van der Waals surface area contributed by atoms with E-state index in [0.29, 0.717) is 13.0 Å². The Labute approximate surface area is 197 Å². The molecule has 178 valence electrons. The van der Waals surface area contributed by atoms with Gasteiger partial charge in [0.1, 0.15) is 17.2 Å². The van der Waals surface area contributed by atoms with Gasteiger partial charge in [-0.2, -0.15) is 5.10 Å². The van der Waals surface area contributed by atoms with Gasteiger partial charge in [0, 0.05) is 42.2 Å². The molecule has 0 radical (unpaired) electrons. The Balaban J connectivity index is 1.56. The average Bonchev–Trinajstić information content (AvgIpc) is 3.36. The van der Waals surface area contributed by atoms with E-state index in [2.05, 4.69) is 20.4 Å². The minimum Gasteiger partial charge on any atom is -0.444 e. The smallest absolute Gasteiger partial charge is 0.407 e. The van der Waals surface area contributed by atoms with E-state index in [1.165, 1.54) is 6.07 Å². The number of hydrogen-bond donors (Lipinski definition) is 2. The first kappa shape index (κ1) is 22.5. The number of hydrogen-bond acceptors (Lipinski definition) is 4. The van der Waals surface area contributed by atoms with Crippen molar-refractivity contribution in [2.45, 2.75) is 63.9 Å². The first-order valence-corrected chi connectivity index (χ1v) is 11.5. The molecule has 1 aromatic heterocycles. The number of ether oxygens (including phenoxy) is 1. The van der Waals surface area contributed by atoms with E-state index in [-0.39, 0.29) is 11.6 Å². The van der Waals surface area contributed by atoms with E-state index in [9.17, 15) is 9.18 Å². The van der Waals surface area contributed by atoms with Crippen LogP contribution in [0.3, 0.4) is 0 Å². The molecule has 34 heavy (non-hydrogen) atoms. The third kappa shape index (κ3) is 4.30. The van der Waals surface area contributed by atoms with Crippen LogP contribution in [0.1, 0.15) is 67.1 Å². The lowest BCUT2D eigenvalue weighted by atomic mass is 9.73. The SMILES string of the molecule is CC(C)(C)OC(=O)NC1CC(N2Cc3cn[nH]c3C2)c2ccccc2[C@@H]1c1cc(F)ccc1F. The van der Waals surface area contributed by atoms with Crippen molar-refractivity contribution in [1.82, 2.24) is 20.4 Å². The summed E-state index contributed by atoms with van der Waals surface area (Å²) in [5.41, 5.74) is 3.69. The lowest BCUT2D eigenvalue weighted by Crippen LogP contribution is -2.47. The quantitative estimate of drug-likeness (QED) is 0.559. The number of alkyl carbamates (subject to hydrolysis) is 1. The third-order valence-electron chi connectivity index (χ3n) is 6.55. The number of halogens is 2. The average molecular weight is 467 g/mol. The van der Waals surface area contributed by atoms with Gasteiger partial charge in [-0.3, -0.25) is 10.00 Å². The molecule has 0 saturated heterocycles. The summed E-state index contributed by atoms with van der Waals surface area (Å²) in [4.78, 5) is 15.1. The first-order chi connectivity index (χ1) is 16.2. The Hall–Kier alpha value is -3.26. The molecule has 1 amide bonds. The molecule has 3 aromatic rings. The largest absolute Gasteiger partial charge is 0.444 e. The van der Waals surface area contributed by atoms with Crippen molar-refractivity contribution < 1.29 is 18.3 Å². The summed E-state index contributed by atoms with van der Waals surface area (Å²) in [5.74, 6) is -1.58. The second-order valence-electron chi connectivity index (χ2n) is 10.1. The molecule has 2 unspecified atom stereocenters. The normalized spacial score (nSPS) is 22.2. The fraction of sp³-hybridized carbons (Fsp3) is 0.385. The van der Waals surface area contributed by atoms with Crippen molar-refractivity contribution in [2.24, 2.45) is 0 Å². The Bertz CT molecular complexity index is 1200. The minimum atomic E-state index is -0.680. The monoisotopic (exact) mass is 466 g/mol. The molecule has 0 spiro atoms. The number of nitrogens with zero attached hydrogens (tertiary/aromatic N) is 2. The second-order valence-corrected chi connectivity index (χ2v) is 10.1. The van der Waals surface area contributed by atoms with Crippen LogP contribution >= 0.6 is 0 Å². The van der Waals surface area contributed by atoms with Crippen molar-refractivity contribution in [3.05, 3.63) is 88.2 Å². The molecule has 1 aliphatic carbocycles. The molecule has 2 aliphatic rings. The Kier molecular flexibility index (Phi) is 5.64. The molecular formula is C26H28F2N4O2. The van der Waals surface area contributed by atoms with Crippen LogP contribution in [0.4, 0.5) is 13.6 Å². The summed E-state index contributed by atoms with van der Waals surface area (Å²) in [6.45, 7) is 6.80. The first-order valence-electron chi connectivity index (χ1n) is 11.5. The molecule has 2 aromatic carbocycles. The molecule has 0 fully saturated rings. The maximum absolute atomic E-state index is 15.0. The van der Waals surface area contributed by atoms with Crippen molar-refractivity contribution in [2.75, 3.05) is 0 Å². The zero-order valence-electron chi connectivity index (χ0n) is 19.4. The predicted octanol–water partition coefficient (Wildman–Crippen LogP) is 5.17. The van der Waals surface area contributed by atoms with Gasteiger partial charge in [0.05, 0.1) is 11.9 Å². The van der Waals surface area contributed by atoms with E-state index in [1.807, 2.05) is 30.5 Å². The van der Waals surface area contributed by atoms with Crippen LogP contribution < -0.4 is 5.32 Å². The summed E-state index contributed by atoms with van der Waals surface area (Å²) in [6.07, 6.45) is 1.79. The van der Waals surface area contributed by atoms with Gasteiger partial charge in [-0.1, -0.05) is 24.3 Å². The number of aromatic amines is 1. The summed E-state index contributed by atoms with van der Waals surface area (Å²) >= 11 is 0. The van der Waals surface area contributed by atoms with E-state index < -0.39 is 35.3 Å². The maximum atomic E-state index is 15.0. The number of carbonyl (C=O) groups is 1. The highest BCUT2D eigenvalue weighted by Crippen LogP contribution is 2.46. The number of benzene rings is 2. The minimum absolute atomic E-state index is 0.0233. The molecule has 0 bridgehead atoms. The van der Waals surface area contributed by atoms with E-state index in [0.717, 1.165) is 41.1 Å². The van der Waals surface area contributed by atoms with Crippen molar-refractivity contribution in [3.63, 3.8) is 0 Å². The van der Waals surface area contributed by atoms with Gasteiger partial charge >= 0.3 is 6.09 Å². The summed E-state index contributed by atoms with van der Waals surface area (Å²) in [5, 5.41) is 10.2. The molecule has 2 N–H and O–H groups in total. The zero-order chi connectivity index (χ0) is 24.0. The summed E-state index contributed by atoms with van der Waals surface area (Å²) < 4.78 is 34.8. The van der Waals surface area contributed by atoms with Crippen molar-refractivity contribution in [1.29, 1.82) is 0 Å². The van der Waals surface area contributed by atoms with Crippen LogP contribution in [0.25, 0.3) is 0 Å².